The molecule has 2 N–H and O–H groups in total. The Bertz CT molecular complexity index is 488. The zero-order valence-electron chi connectivity index (χ0n) is 11.2. The van der Waals surface area contributed by atoms with E-state index in [1.165, 1.54) is 22.4 Å². The highest BCUT2D eigenvalue weighted by atomic mass is 15.1. The molecule has 0 saturated heterocycles. The van der Waals surface area contributed by atoms with Crippen molar-refractivity contribution in [1.29, 1.82) is 0 Å². The van der Waals surface area contributed by atoms with Crippen LogP contribution >= 0.6 is 0 Å². The molecular formula is C15H21N3. The lowest BCUT2D eigenvalue weighted by Crippen LogP contribution is -2.15. The Labute approximate surface area is 109 Å². The molecule has 1 heterocycles. The van der Waals surface area contributed by atoms with Gasteiger partial charge in [0.2, 0.25) is 0 Å². The molecule has 0 fully saturated rings. The van der Waals surface area contributed by atoms with Gasteiger partial charge in [-0.25, -0.2) is 0 Å². The highest BCUT2D eigenvalue weighted by molar-refractivity contribution is 5.22. The summed E-state index contributed by atoms with van der Waals surface area (Å²) in [6.07, 6.45) is 4.16. The van der Waals surface area contributed by atoms with Crippen LogP contribution in [-0.2, 0) is 13.0 Å². The summed E-state index contributed by atoms with van der Waals surface area (Å²) in [4.78, 5) is 0. The van der Waals surface area contributed by atoms with Crippen LogP contribution in [0.4, 0.5) is 0 Å². The standard InChI is InChI=1S/C15H21N3/c1-12-5-3-6-14(9-12)10-16-8-4-7-15-11-17-18-13(15)2/h3,5-6,9,11,16H,4,7-8,10H2,1-2H3,(H,17,18). The molecule has 0 unspecified atom stereocenters. The molecule has 3 heteroatoms. The first-order chi connectivity index (χ1) is 8.75. The number of benzene rings is 1. The van der Waals surface area contributed by atoms with Crippen molar-refractivity contribution < 1.29 is 0 Å². The highest BCUT2D eigenvalue weighted by Gasteiger charge is 1.99. The smallest absolute Gasteiger partial charge is 0.0522 e. The summed E-state index contributed by atoms with van der Waals surface area (Å²) in [5.74, 6) is 0. The summed E-state index contributed by atoms with van der Waals surface area (Å²) in [7, 11) is 0. The second-order valence-electron chi connectivity index (χ2n) is 4.79. The maximum atomic E-state index is 4.03. The Morgan fingerprint density at radius 3 is 2.89 bits per heavy atom. The van der Waals surface area contributed by atoms with Crippen LogP contribution in [0.15, 0.2) is 30.5 Å². The van der Waals surface area contributed by atoms with Crippen molar-refractivity contribution in [2.75, 3.05) is 6.54 Å². The molecule has 0 amide bonds. The van der Waals surface area contributed by atoms with E-state index in [2.05, 4.69) is 53.6 Å². The minimum Gasteiger partial charge on any atom is -0.313 e. The first-order valence-corrected chi connectivity index (χ1v) is 6.51. The van der Waals surface area contributed by atoms with Gasteiger partial charge in [0.1, 0.15) is 0 Å². The van der Waals surface area contributed by atoms with Gasteiger partial charge in [0, 0.05) is 12.2 Å². The van der Waals surface area contributed by atoms with E-state index in [4.69, 9.17) is 0 Å². The third-order valence-electron chi connectivity index (χ3n) is 3.15. The van der Waals surface area contributed by atoms with E-state index in [0.717, 1.165) is 25.9 Å². The summed E-state index contributed by atoms with van der Waals surface area (Å²) < 4.78 is 0. The monoisotopic (exact) mass is 243 g/mol. The first-order valence-electron chi connectivity index (χ1n) is 6.51. The number of rotatable bonds is 6. The van der Waals surface area contributed by atoms with Gasteiger partial charge in [0.05, 0.1) is 6.20 Å². The van der Waals surface area contributed by atoms with Gasteiger partial charge in [-0.05, 0) is 44.4 Å². The van der Waals surface area contributed by atoms with E-state index in [9.17, 15) is 0 Å². The summed E-state index contributed by atoms with van der Waals surface area (Å²) >= 11 is 0. The maximum Gasteiger partial charge on any atom is 0.0522 e. The molecule has 0 aliphatic heterocycles. The van der Waals surface area contributed by atoms with Crippen molar-refractivity contribution in [3.63, 3.8) is 0 Å². The van der Waals surface area contributed by atoms with Crippen LogP contribution in [0.5, 0.6) is 0 Å². The highest BCUT2D eigenvalue weighted by Crippen LogP contribution is 2.06. The zero-order chi connectivity index (χ0) is 12.8. The molecule has 18 heavy (non-hydrogen) atoms. The zero-order valence-corrected chi connectivity index (χ0v) is 11.2. The van der Waals surface area contributed by atoms with Crippen molar-refractivity contribution in [3.05, 3.63) is 52.8 Å². The van der Waals surface area contributed by atoms with Crippen LogP contribution in [0.1, 0.15) is 28.8 Å². The lowest BCUT2D eigenvalue weighted by atomic mass is 10.1. The lowest BCUT2D eigenvalue weighted by Gasteiger charge is -2.05. The molecule has 0 aliphatic rings. The Morgan fingerprint density at radius 1 is 1.28 bits per heavy atom. The van der Waals surface area contributed by atoms with Gasteiger partial charge >= 0.3 is 0 Å². The molecule has 1 aromatic carbocycles. The van der Waals surface area contributed by atoms with Crippen molar-refractivity contribution >= 4 is 0 Å². The van der Waals surface area contributed by atoms with Crippen LogP contribution < -0.4 is 5.32 Å². The normalized spacial score (nSPS) is 10.8. The maximum absolute atomic E-state index is 4.03. The fourth-order valence-electron chi connectivity index (χ4n) is 2.09. The SMILES string of the molecule is Cc1cccc(CNCCCc2cn[nH]c2C)c1. The minimum absolute atomic E-state index is 0.950. The fraction of sp³-hybridized carbons (Fsp3) is 0.400. The molecule has 0 radical (unpaired) electrons. The predicted molar refractivity (Wildman–Crippen MR) is 74.5 cm³/mol. The fourth-order valence-corrected chi connectivity index (χ4v) is 2.09. The predicted octanol–water partition coefficient (Wildman–Crippen LogP) is 2.75. The number of aryl methyl sites for hydroxylation is 3. The Morgan fingerprint density at radius 2 is 2.17 bits per heavy atom. The van der Waals surface area contributed by atoms with E-state index >= 15 is 0 Å². The molecule has 0 aliphatic carbocycles. The summed E-state index contributed by atoms with van der Waals surface area (Å²) in [5.41, 5.74) is 5.19. The number of hydrogen-bond acceptors (Lipinski definition) is 2. The van der Waals surface area contributed by atoms with Gasteiger partial charge in [0.25, 0.3) is 0 Å². The van der Waals surface area contributed by atoms with Gasteiger partial charge in [-0.2, -0.15) is 5.10 Å². The molecule has 3 nitrogen and oxygen atoms in total. The van der Waals surface area contributed by atoms with Crippen LogP contribution in [-0.4, -0.2) is 16.7 Å². The van der Waals surface area contributed by atoms with E-state index in [1.54, 1.807) is 0 Å². The third-order valence-corrected chi connectivity index (χ3v) is 3.15. The van der Waals surface area contributed by atoms with Gasteiger partial charge in [-0.1, -0.05) is 29.8 Å². The van der Waals surface area contributed by atoms with Gasteiger partial charge < -0.3 is 5.32 Å². The number of hydrogen-bond donors (Lipinski definition) is 2. The molecule has 0 bridgehead atoms. The summed E-state index contributed by atoms with van der Waals surface area (Å²) in [5, 5.41) is 10.5. The van der Waals surface area contributed by atoms with E-state index in [-0.39, 0.29) is 0 Å². The molecule has 0 spiro atoms. The third kappa shape index (κ3) is 3.70. The van der Waals surface area contributed by atoms with E-state index in [1.807, 2.05) is 6.20 Å². The van der Waals surface area contributed by atoms with Crippen LogP contribution in [0.3, 0.4) is 0 Å². The Kier molecular flexibility index (Phi) is 4.53. The van der Waals surface area contributed by atoms with Crippen molar-refractivity contribution in [1.82, 2.24) is 15.5 Å². The van der Waals surface area contributed by atoms with Gasteiger partial charge in [-0.15, -0.1) is 0 Å². The average molecular weight is 243 g/mol. The number of aromatic nitrogens is 2. The number of aromatic amines is 1. The molecule has 2 rings (SSSR count). The summed E-state index contributed by atoms with van der Waals surface area (Å²) in [6, 6.07) is 8.64. The van der Waals surface area contributed by atoms with Gasteiger partial charge in [-0.3, -0.25) is 5.10 Å². The van der Waals surface area contributed by atoms with Gasteiger partial charge in [0.15, 0.2) is 0 Å². The molecular weight excluding hydrogens is 222 g/mol. The molecule has 1 aromatic heterocycles. The van der Waals surface area contributed by atoms with E-state index in [0.29, 0.717) is 0 Å². The molecule has 0 saturated carbocycles. The van der Waals surface area contributed by atoms with Crippen molar-refractivity contribution in [3.8, 4) is 0 Å². The van der Waals surface area contributed by atoms with Crippen molar-refractivity contribution in [2.45, 2.75) is 33.2 Å². The number of H-pyrrole nitrogens is 1. The summed E-state index contributed by atoms with van der Waals surface area (Å²) in [6.45, 7) is 6.19. The van der Waals surface area contributed by atoms with Crippen LogP contribution in [0, 0.1) is 13.8 Å². The number of nitrogens with one attached hydrogen (secondary N) is 2. The largest absolute Gasteiger partial charge is 0.313 e. The number of nitrogens with zero attached hydrogens (tertiary/aromatic N) is 1. The topological polar surface area (TPSA) is 40.7 Å². The Balaban J connectivity index is 1.66. The van der Waals surface area contributed by atoms with Crippen LogP contribution in [0.25, 0.3) is 0 Å². The quantitative estimate of drug-likeness (QED) is 0.766. The second-order valence-corrected chi connectivity index (χ2v) is 4.79. The Hall–Kier alpha value is -1.61. The lowest BCUT2D eigenvalue weighted by molar-refractivity contribution is 0.648. The first kappa shape index (κ1) is 12.8. The van der Waals surface area contributed by atoms with E-state index < -0.39 is 0 Å². The molecule has 2 aromatic rings. The minimum atomic E-state index is 0.950. The molecule has 0 atom stereocenters. The average Bonchev–Trinajstić information content (AvgIpc) is 2.75. The van der Waals surface area contributed by atoms with Crippen molar-refractivity contribution in [2.24, 2.45) is 0 Å². The second kappa shape index (κ2) is 6.36. The molecule has 96 valence electrons. The van der Waals surface area contributed by atoms with Crippen LogP contribution in [0.2, 0.25) is 0 Å².